The molecule has 0 saturated heterocycles. The number of nitrogens with zero attached hydrogens (tertiary/aromatic N) is 1. The lowest BCUT2D eigenvalue weighted by molar-refractivity contribution is 0.418. The molecule has 0 bridgehead atoms. The minimum Gasteiger partial charge on any atom is -0.310 e. The summed E-state index contributed by atoms with van der Waals surface area (Å²) in [6.07, 6.45) is 10.2. The van der Waals surface area contributed by atoms with Crippen LogP contribution in [0.3, 0.4) is 0 Å². The fraction of sp³-hybridized carbons (Fsp3) is 0.526. The van der Waals surface area contributed by atoms with Crippen LogP contribution in [-0.4, -0.2) is 11.5 Å². The lowest BCUT2D eigenvalue weighted by Crippen LogP contribution is -2.22. The zero-order valence-electron chi connectivity index (χ0n) is 13.0. The monoisotopic (exact) mass is 282 g/mol. The van der Waals surface area contributed by atoms with E-state index in [9.17, 15) is 0 Å². The third-order valence-corrected chi connectivity index (χ3v) is 4.83. The number of nitrogens with one attached hydrogen (secondary N) is 1. The van der Waals surface area contributed by atoms with Crippen molar-refractivity contribution in [2.24, 2.45) is 5.92 Å². The van der Waals surface area contributed by atoms with Gasteiger partial charge in [0.2, 0.25) is 0 Å². The topological polar surface area (TPSA) is 24.9 Å². The van der Waals surface area contributed by atoms with Gasteiger partial charge in [0, 0.05) is 17.6 Å². The SMILES string of the molecule is CCNC(CCC1CCCC1)c1cccc2cccnc12. The van der Waals surface area contributed by atoms with Crippen molar-refractivity contribution < 1.29 is 0 Å². The lowest BCUT2D eigenvalue weighted by atomic mass is 9.93. The van der Waals surface area contributed by atoms with E-state index in [0.29, 0.717) is 6.04 Å². The lowest BCUT2D eigenvalue weighted by Gasteiger charge is -2.21. The largest absolute Gasteiger partial charge is 0.310 e. The zero-order chi connectivity index (χ0) is 14.5. The van der Waals surface area contributed by atoms with Crippen LogP contribution in [0.15, 0.2) is 36.5 Å². The number of hydrogen-bond acceptors (Lipinski definition) is 2. The smallest absolute Gasteiger partial charge is 0.0749 e. The van der Waals surface area contributed by atoms with Crippen LogP contribution in [0.25, 0.3) is 10.9 Å². The molecule has 3 rings (SSSR count). The van der Waals surface area contributed by atoms with Crippen LogP contribution in [0.1, 0.15) is 57.1 Å². The van der Waals surface area contributed by atoms with Crippen LogP contribution in [-0.2, 0) is 0 Å². The van der Waals surface area contributed by atoms with Crippen LogP contribution >= 0.6 is 0 Å². The van der Waals surface area contributed by atoms with Crippen molar-refractivity contribution in [2.75, 3.05) is 6.54 Å². The van der Waals surface area contributed by atoms with E-state index in [-0.39, 0.29) is 0 Å². The van der Waals surface area contributed by atoms with Gasteiger partial charge in [-0.15, -0.1) is 0 Å². The van der Waals surface area contributed by atoms with Gasteiger partial charge in [0.05, 0.1) is 5.52 Å². The maximum Gasteiger partial charge on any atom is 0.0749 e. The zero-order valence-corrected chi connectivity index (χ0v) is 13.0. The Balaban J connectivity index is 1.80. The Bertz CT molecular complexity index is 567. The number of hydrogen-bond donors (Lipinski definition) is 1. The van der Waals surface area contributed by atoms with Crippen LogP contribution in [0, 0.1) is 5.92 Å². The van der Waals surface area contributed by atoms with Gasteiger partial charge in [0.25, 0.3) is 0 Å². The Morgan fingerprint density at radius 3 is 2.81 bits per heavy atom. The minimum absolute atomic E-state index is 0.439. The summed E-state index contributed by atoms with van der Waals surface area (Å²) >= 11 is 0. The summed E-state index contributed by atoms with van der Waals surface area (Å²) in [5, 5.41) is 4.92. The fourth-order valence-electron chi connectivity index (χ4n) is 3.72. The van der Waals surface area contributed by atoms with Gasteiger partial charge in [-0.25, -0.2) is 0 Å². The van der Waals surface area contributed by atoms with Crippen molar-refractivity contribution in [1.82, 2.24) is 10.3 Å². The molecule has 0 aliphatic heterocycles. The molecule has 1 fully saturated rings. The fourth-order valence-corrected chi connectivity index (χ4v) is 3.72. The van der Waals surface area contributed by atoms with Gasteiger partial charge in [0.15, 0.2) is 0 Å². The minimum atomic E-state index is 0.439. The van der Waals surface area contributed by atoms with E-state index < -0.39 is 0 Å². The molecule has 1 N–H and O–H groups in total. The number of rotatable bonds is 6. The predicted molar refractivity (Wildman–Crippen MR) is 89.4 cm³/mol. The molecule has 2 heteroatoms. The first-order valence-corrected chi connectivity index (χ1v) is 8.45. The second-order valence-electron chi connectivity index (χ2n) is 6.26. The summed E-state index contributed by atoms with van der Waals surface area (Å²) in [5.41, 5.74) is 2.53. The molecule has 2 nitrogen and oxygen atoms in total. The molecule has 0 spiro atoms. The van der Waals surface area contributed by atoms with Gasteiger partial charge >= 0.3 is 0 Å². The van der Waals surface area contributed by atoms with Gasteiger partial charge in [-0.05, 0) is 36.9 Å². The summed E-state index contributed by atoms with van der Waals surface area (Å²) in [6, 6.07) is 11.2. The second-order valence-corrected chi connectivity index (χ2v) is 6.26. The van der Waals surface area contributed by atoms with Crippen molar-refractivity contribution in [3.8, 4) is 0 Å². The first-order valence-electron chi connectivity index (χ1n) is 8.45. The van der Waals surface area contributed by atoms with Crippen molar-refractivity contribution in [3.63, 3.8) is 0 Å². The highest BCUT2D eigenvalue weighted by Crippen LogP contribution is 2.32. The van der Waals surface area contributed by atoms with E-state index in [0.717, 1.165) is 18.0 Å². The normalized spacial score (nSPS) is 17.4. The Labute approximate surface area is 128 Å². The Morgan fingerprint density at radius 2 is 2.00 bits per heavy atom. The number of fused-ring (bicyclic) bond motifs is 1. The maximum atomic E-state index is 4.62. The molecule has 0 amide bonds. The molecular weight excluding hydrogens is 256 g/mol. The molecule has 1 aromatic heterocycles. The van der Waals surface area contributed by atoms with Crippen LogP contribution in [0.4, 0.5) is 0 Å². The van der Waals surface area contributed by atoms with Crippen molar-refractivity contribution in [3.05, 3.63) is 42.1 Å². The molecule has 1 aromatic carbocycles. The highest BCUT2D eigenvalue weighted by Gasteiger charge is 2.19. The Morgan fingerprint density at radius 1 is 1.19 bits per heavy atom. The summed E-state index contributed by atoms with van der Waals surface area (Å²) in [4.78, 5) is 4.62. The van der Waals surface area contributed by atoms with Gasteiger partial charge in [-0.3, -0.25) is 4.98 Å². The van der Waals surface area contributed by atoms with E-state index in [2.05, 4.69) is 41.5 Å². The molecular formula is C19H26N2. The first kappa shape index (κ1) is 14.5. The quantitative estimate of drug-likeness (QED) is 0.818. The van der Waals surface area contributed by atoms with Crippen molar-refractivity contribution in [2.45, 2.75) is 51.5 Å². The summed E-state index contributed by atoms with van der Waals surface area (Å²) in [6.45, 7) is 3.21. The van der Waals surface area contributed by atoms with Gasteiger partial charge in [-0.2, -0.15) is 0 Å². The highest BCUT2D eigenvalue weighted by molar-refractivity contribution is 5.81. The van der Waals surface area contributed by atoms with Crippen LogP contribution in [0.5, 0.6) is 0 Å². The van der Waals surface area contributed by atoms with E-state index in [4.69, 9.17) is 0 Å². The van der Waals surface area contributed by atoms with Gasteiger partial charge in [-0.1, -0.05) is 56.9 Å². The van der Waals surface area contributed by atoms with E-state index in [1.807, 2.05) is 12.3 Å². The molecule has 1 aliphatic carbocycles. The first-order chi connectivity index (χ1) is 10.4. The summed E-state index contributed by atoms with van der Waals surface area (Å²) in [7, 11) is 0. The average Bonchev–Trinajstić information content (AvgIpc) is 3.04. The molecule has 112 valence electrons. The van der Waals surface area contributed by atoms with Crippen LogP contribution < -0.4 is 5.32 Å². The second kappa shape index (κ2) is 7.04. The third kappa shape index (κ3) is 3.44. The number of benzene rings is 1. The molecule has 1 unspecified atom stereocenters. The average molecular weight is 282 g/mol. The molecule has 21 heavy (non-hydrogen) atoms. The van der Waals surface area contributed by atoms with Gasteiger partial charge in [0.1, 0.15) is 0 Å². The molecule has 0 radical (unpaired) electrons. The maximum absolute atomic E-state index is 4.62. The summed E-state index contributed by atoms with van der Waals surface area (Å²) < 4.78 is 0. The molecule has 1 aliphatic rings. The molecule has 1 heterocycles. The van der Waals surface area contributed by atoms with E-state index in [1.54, 1.807) is 0 Å². The van der Waals surface area contributed by atoms with E-state index in [1.165, 1.54) is 49.5 Å². The molecule has 1 atom stereocenters. The van der Waals surface area contributed by atoms with Crippen molar-refractivity contribution >= 4 is 10.9 Å². The Hall–Kier alpha value is -1.41. The molecule has 2 aromatic rings. The van der Waals surface area contributed by atoms with Crippen LogP contribution in [0.2, 0.25) is 0 Å². The third-order valence-electron chi connectivity index (χ3n) is 4.83. The standard InChI is InChI=1S/C19H26N2/c1-2-20-18(13-12-15-7-3-4-8-15)17-11-5-9-16-10-6-14-21-19(16)17/h5-6,9-11,14-15,18,20H,2-4,7-8,12-13H2,1H3. The predicted octanol–water partition coefficient (Wildman–Crippen LogP) is 4.86. The van der Waals surface area contributed by atoms with Gasteiger partial charge < -0.3 is 5.32 Å². The number of aromatic nitrogens is 1. The van der Waals surface area contributed by atoms with Crippen molar-refractivity contribution in [1.29, 1.82) is 0 Å². The highest BCUT2D eigenvalue weighted by atomic mass is 14.9. The van der Waals surface area contributed by atoms with E-state index >= 15 is 0 Å². The molecule has 1 saturated carbocycles. The number of pyridine rings is 1. The summed E-state index contributed by atoms with van der Waals surface area (Å²) in [5.74, 6) is 0.953. The number of para-hydroxylation sites is 1. The Kier molecular flexibility index (Phi) is 4.87.